The lowest BCUT2D eigenvalue weighted by Gasteiger charge is -2.13. The van der Waals surface area contributed by atoms with Crippen LogP contribution in [-0.4, -0.2) is 24.1 Å². The van der Waals surface area contributed by atoms with Gasteiger partial charge in [0.2, 0.25) is 0 Å². The maximum Gasteiger partial charge on any atom is 0.272 e. The summed E-state index contributed by atoms with van der Waals surface area (Å²) in [5, 5.41) is 3.85. The topological polar surface area (TPSA) is 93.1 Å². The van der Waals surface area contributed by atoms with Crippen LogP contribution in [-0.2, 0) is 10.0 Å². The summed E-state index contributed by atoms with van der Waals surface area (Å²) in [6.45, 7) is 1.35. The van der Waals surface area contributed by atoms with E-state index in [4.69, 9.17) is 0 Å². The number of benzene rings is 2. The Morgan fingerprint density at radius 2 is 1.81 bits per heavy atom. The van der Waals surface area contributed by atoms with Gasteiger partial charge in [-0.25, -0.2) is 21.9 Å². The Balaban J connectivity index is 1.91. The molecule has 0 spiro atoms. The minimum absolute atomic E-state index is 0.00188. The Labute approximate surface area is 153 Å². The number of hydrogen-bond donors (Lipinski definition) is 2. The average Bonchev–Trinajstić information content (AvgIpc) is 3.18. The lowest BCUT2D eigenvalue weighted by molar-refractivity contribution is 0.0936. The monoisotopic (exact) mass is 392 g/mol. The SMILES string of the molecule is Cc1cc(-n2cccn2)c(F)c(C(=O)NNS(=O)(=O)c2ccccc2)c1F. The maximum absolute atomic E-state index is 14.7. The molecule has 0 saturated carbocycles. The second-order valence-corrected chi connectivity index (χ2v) is 7.22. The molecular weight excluding hydrogens is 378 g/mol. The molecule has 140 valence electrons. The van der Waals surface area contributed by atoms with E-state index in [-0.39, 0.29) is 16.1 Å². The first-order valence-corrected chi connectivity index (χ1v) is 9.15. The van der Waals surface area contributed by atoms with E-state index in [1.807, 2.05) is 10.3 Å². The summed E-state index contributed by atoms with van der Waals surface area (Å²) in [5.41, 5.74) is 0.767. The highest BCUT2D eigenvalue weighted by Gasteiger charge is 2.25. The van der Waals surface area contributed by atoms with Crippen molar-refractivity contribution in [3.05, 3.63) is 77.6 Å². The second-order valence-electron chi connectivity index (χ2n) is 5.54. The Morgan fingerprint density at radius 3 is 2.44 bits per heavy atom. The lowest BCUT2D eigenvalue weighted by Crippen LogP contribution is -2.42. The molecular formula is C17H14F2N4O3S. The van der Waals surface area contributed by atoms with Crippen LogP contribution < -0.4 is 10.3 Å². The molecule has 1 amide bonds. The van der Waals surface area contributed by atoms with Crippen LogP contribution in [0.3, 0.4) is 0 Å². The summed E-state index contributed by atoms with van der Waals surface area (Å²) in [6.07, 6.45) is 2.82. The fourth-order valence-electron chi connectivity index (χ4n) is 2.37. The first-order chi connectivity index (χ1) is 12.8. The minimum Gasteiger partial charge on any atom is -0.273 e. The van der Waals surface area contributed by atoms with Crippen LogP contribution in [0.15, 0.2) is 59.8 Å². The van der Waals surface area contributed by atoms with E-state index in [2.05, 4.69) is 5.10 Å². The van der Waals surface area contributed by atoms with Crippen LogP contribution in [0.1, 0.15) is 15.9 Å². The molecule has 1 heterocycles. The Morgan fingerprint density at radius 1 is 1.11 bits per heavy atom. The normalized spacial score (nSPS) is 11.4. The molecule has 2 aromatic carbocycles. The van der Waals surface area contributed by atoms with Gasteiger partial charge in [0.05, 0.1) is 4.90 Å². The molecule has 0 saturated heterocycles. The number of sulfonamides is 1. The molecule has 1 aromatic heterocycles. The molecule has 27 heavy (non-hydrogen) atoms. The van der Waals surface area contributed by atoms with Crippen LogP contribution in [0.4, 0.5) is 8.78 Å². The van der Waals surface area contributed by atoms with Crippen molar-refractivity contribution in [3.63, 3.8) is 0 Å². The molecule has 3 rings (SSSR count). The van der Waals surface area contributed by atoms with E-state index < -0.39 is 33.1 Å². The number of carbonyl (C=O) groups is 1. The third kappa shape index (κ3) is 3.71. The van der Waals surface area contributed by atoms with Crippen molar-refractivity contribution in [1.82, 2.24) is 20.0 Å². The number of hydrogen-bond acceptors (Lipinski definition) is 4. The number of amides is 1. The van der Waals surface area contributed by atoms with Crippen molar-refractivity contribution in [1.29, 1.82) is 0 Å². The van der Waals surface area contributed by atoms with E-state index in [1.54, 1.807) is 6.07 Å². The fraction of sp³-hybridized carbons (Fsp3) is 0.0588. The van der Waals surface area contributed by atoms with Crippen molar-refractivity contribution in [2.75, 3.05) is 0 Å². The zero-order valence-electron chi connectivity index (χ0n) is 14.0. The summed E-state index contributed by atoms with van der Waals surface area (Å²) in [5.74, 6) is -3.54. The summed E-state index contributed by atoms with van der Waals surface area (Å²) < 4.78 is 54.5. The highest BCUT2D eigenvalue weighted by molar-refractivity contribution is 7.89. The molecule has 7 nitrogen and oxygen atoms in total. The number of rotatable bonds is 5. The summed E-state index contributed by atoms with van der Waals surface area (Å²) >= 11 is 0. The quantitative estimate of drug-likeness (QED) is 0.650. The molecule has 0 atom stereocenters. The summed E-state index contributed by atoms with van der Waals surface area (Å²) in [6, 6.07) is 9.94. The largest absolute Gasteiger partial charge is 0.273 e. The molecule has 0 aliphatic rings. The van der Waals surface area contributed by atoms with Gasteiger partial charge in [0.1, 0.15) is 17.1 Å². The van der Waals surface area contributed by atoms with Gasteiger partial charge < -0.3 is 0 Å². The molecule has 0 fully saturated rings. The van der Waals surface area contributed by atoms with E-state index in [1.165, 1.54) is 55.7 Å². The predicted molar refractivity (Wildman–Crippen MR) is 92.4 cm³/mol. The van der Waals surface area contributed by atoms with Crippen molar-refractivity contribution in [3.8, 4) is 5.69 Å². The molecule has 0 aliphatic heterocycles. The smallest absolute Gasteiger partial charge is 0.272 e. The van der Waals surface area contributed by atoms with Crippen LogP contribution >= 0.6 is 0 Å². The van der Waals surface area contributed by atoms with Crippen LogP contribution in [0.5, 0.6) is 0 Å². The zero-order valence-corrected chi connectivity index (χ0v) is 14.8. The standard InChI is InChI=1S/C17H14F2N4O3S/c1-11-10-13(23-9-5-8-20-23)16(19)14(15(11)18)17(24)21-22-27(25,26)12-6-3-2-4-7-12/h2-10,22H,1H3,(H,21,24). The first-order valence-electron chi connectivity index (χ1n) is 7.67. The molecule has 2 N–H and O–H groups in total. The minimum atomic E-state index is -4.10. The number of hydrazine groups is 1. The van der Waals surface area contributed by atoms with Crippen LogP contribution in [0, 0.1) is 18.6 Å². The molecule has 0 aliphatic carbocycles. The van der Waals surface area contributed by atoms with E-state index in [9.17, 15) is 22.0 Å². The molecule has 0 radical (unpaired) electrons. The molecule has 0 bridgehead atoms. The third-order valence-corrected chi connectivity index (χ3v) is 4.96. The van der Waals surface area contributed by atoms with Gasteiger partial charge in [0, 0.05) is 12.4 Å². The fourth-order valence-corrected chi connectivity index (χ4v) is 3.23. The maximum atomic E-state index is 14.7. The highest BCUT2D eigenvalue weighted by atomic mass is 32.2. The Kier molecular flexibility index (Phi) is 5.02. The van der Waals surface area contributed by atoms with Gasteiger partial charge in [-0.2, -0.15) is 5.10 Å². The van der Waals surface area contributed by atoms with Gasteiger partial charge >= 0.3 is 0 Å². The van der Waals surface area contributed by atoms with Crippen molar-refractivity contribution < 1.29 is 22.0 Å². The van der Waals surface area contributed by atoms with Crippen molar-refractivity contribution >= 4 is 15.9 Å². The van der Waals surface area contributed by atoms with Gasteiger partial charge in [-0.1, -0.05) is 18.2 Å². The number of nitrogens with zero attached hydrogens (tertiary/aromatic N) is 2. The van der Waals surface area contributed by atoms with Gasteiger partial charge in [-0.3, -0.25) is 10.2 Å². The lowest BCUT2D eigenvalue weighted by atomic mass is 10.1. The van der Waals surface area contributed by atoms with Gasteiger partial charge in [0.25, 0.3) is 15.9 Å². The molecule has 3 aromatic rings. The van der Waals surface area contributed by atoms with Gasteiger partial charge in [-0.15, -0.1) is 4.83 Å². The molecule has 10 heteroatoms. The summed E-state index contributed by atoms with van der Waals surface area (Å²) in [7, 11) is -4.10. The Hall–Kier alpha value is -3.11. The second kappa shape index (κ2) is 7.25. The highest BCUT2D eigenvalue weighted by Crippen LogP contribution is 2.23. The van der Waals surface area contributed by atoms with Crippen LogP contribution in [0.2, 0.25) is 0 Å². The molecule has 0 unspecified atom stereocenters. The van der Waals surface area contributed by atoms with Crippen molar-refractivity contribution in [2.45, 2.75) is 11.8 Å². The van der Waals surface area contributed by atoms with Gasteiger partial charge in [0.15, 0.2) is 5.82 Å². The number of nitrogens with one attached hydrogen (secondary N) is 2. The van der Waals surface area contributed by atoms with Gasteiger partial charge in [-0.05, 0) is 36.8 Å². The predicted octanol–water partition coefficient (Wildman–Crippen LogP) is 2.08. The van der Waals surface area contributed by atoms with Crippen molar-refractivity contribution in [2.24, 2.45) is 0 Å². The average molecular weight is 392 g/mol. The van der Waals surface area contributed by atoms with Crippen LogP contribution in [0.25, 0.3) is 5.69 Å². The third-order valence-electron chi connectivity index (χ3n) is 3.69. The zero-order chi connectivity index (χ0) is 19.6. The summed E-state index contributed by atoms with van der Waals surface area (Å²) in [4.78, 5) is 14.0. The van der Waals surface area contributed by atoms with E-state index >= 15 is 0 Å². The van der Waals surface area contributed by atoms with E-state index in [0.717, 1.165) is 4.68 Å². The number of aryl methyl sites for hydroxylation is 1. The van der Waals surface area contributed by atoms with E-state index in [0.29, 0.717) is 0 Å². The number of halogens is 2. The number of aromatic nitrogens is 2. The number of carbonyl (C=O) groups excluding carboxylic acids is 1. The first kappa shape index (κ1) is 18.7. The Bertz CT molecular complexity index is 1090.